The van der Waals surface area contributed by atoms with E-state index < -0.39 is 80.4 Å². The zero-order valence-corrected chi connectivity index (χ0v) is 27.4. The molecule has 272 valence electrons. The molecular weight excluding hydrogens is 671 g/mol. The molecule has 0 spiro atoms. The number of rotatable bonds is 14. The first-order valence-corrected chi connectivity index (χ1v) is 17.2. The van der Waals surface area contributed by atoms with Crippen LogP contribution in [0.3, 0.4) is 0 Å². The predicted molar refractivity (Wildman–Crippen MR) is 166 cm³/mol. The lowest BCUT2D eigenvalue weighted by atomic mass is 9.97. The molecule has 11 atom stereocenters. The standard InChI is InChI=1S/C32H43FN2O13S/c33-17-9-7-16(8-10-17)23(39)18-15-49-30(34-18)19-5-4-11-35(19)22(38)6-2-1-3-12-45-31-28(44)26(42)29(21(14-37)47-31)48-32-27(43)25(41)24(40)20(13-36)46-32/h7-10,15,19-21,24-29,31-32,36-37,40-44H,1-6,11-14H2/t19-,20?,21?,24-,25-,26+,27?,28?,29+,31+,32-/m0/s1. The number of ether oxygens (including phenoxy) is 4. The Hall–Kier alpha value is -2.52. The van der Waals surface area contributed by atoms with Crippen molar-refractivity contribution in [3.05, 3.63) is 51.7 Å². The van der Waals surface area contributed by atoms with E-state index in [1.165, 1.54) is 35.6 Å². The number of likely N-dealkylation sites (tertiary alicyclic amines) is 1. The zero-order valence-electron chi connectivity index (χ0n) is 26.6. The Kier molecular flexibility index (Phi) is 13.2. The van der Waals surface area contributed by atoms with E-state index in [0.29, 0.717) is 36.4 Å². The van der Waals surface area contributed by atoms with Crippen LogP contribution >= 0.6 is 11.3 Å². The normalized spacial score (nSPS) is 33.6. The number of nitrogens with zero attached hydrogens (tertiary/aromatic N) is 2. The van der Waals surface area contributed by atoms with Crippen LogP contribution in [0.1, 0.15) is 65.6 Å². The van der Waals surface area contributed by atoms with Gasteiger partial charge in [0.15, 0.2) is 12.6 Å². The molecule has 49 heavy (non-hydrogen) atoms. The van der Waals surface area contributed by atoms with Gasteiger partial charge in [0, 0.05) is 30.5 Å². The molecule has 0 saturated carbocycles. The van der Waals surface area contributed by atoms with Crippen LogP contribution < -0.4 is 0 Å². The summed E-state index contributed by atoms with van der Waals surface area (Å²) in [6, 6.07) is 5.04. The first kappa shape index (κ1) is 37.7. The second-order valence-electron chi connectivity index (χ2n) is 12.3. The molecule has 2 aromatic rings. The van der Waals surface area contributed by atoms with Crippen molar-refractivity contribution in [3.63, 3.8) is 0 Å². The van der Waals surface area contributed by atoms with E-state index in [1.807, 2.05) is 0 Å². The summed E-state index contributed by atoms with van der Waals surface area (Å²) in [5, 5.41) is 73.2. The van der Waals surface area contributed by atoms with Crippen LogP contribution in [0.2, 0.25) is 0 Å². The van der Waals surface area contributed by atoms with Gasteiger partial charge in [0.25, 0.3) is 0 Å². The number of halogens is 1. The maximum Gasteiger partial charge on any atom is 0.223 e. The molecule has 4 heterocycles. The van der Waals surface area contributed by atoms with E-state index in [4.69, 9.17) is 18.9 Å². The fourth-order valence-electron chi connectivity index (χ4n) is 6.21. The summed E-state index contributed by atoms with van der Waals surface area (Å²) in [6.07, 6.45) is -11.8. The van der Waals surface area contributed by atoms with Crippen molar-refractivity contribution in [1.29, 1.82) is 0 Å². The molecule has 0 radical (unpaired) electrons. The number of ketones is 1. The second kappa shape index (κ2) is 17.1. The van der Waals surface area contributed by atoms with Crippen molar-refractivity contribution in [2.24, 2.45) is 0 Å². The van der Waals surface area contributed by atoms with E-state index in [9.17, 15) is 49.7 Å². The molecule has 3 aliphatic rings. The minimum absolute atomic E-state index is 0.0320. The highest BCUT2D eigenvalue weighted by molar-refractivity contribution is 7.10. The highest BCUT2D eigenvalue weighted by Gasteiger charge is 2.50. The van der Waals surface area contributed by atoms with Gasteiger partial charge in [-0.3, -0.25) is 9.59 Å². The molecule has 17 heteroatoms. The third kappa shape index (κ3) is 8.69. The van der Waals surface area contributed by atoms with Crippen LogP contribution in [0.5, 0.6) is 0 Å². The monoisotopic (exact) mass is 714 g/mol. The zero-order chi connectivity index (χ0) is 35.2. The van der Waals surface area contributed by atoms with Crippen LogP contribution in [-0.4, -0.2) is 145 Å². The molecule has 5 rings (SSSR count). The fraction of sp³-hybridized carbons (Fsp3) is 0.656. The fourth-order valence-corrected chi connectivity index (χ4v) is 7.15. The van der Waals surface area contributed by atoms with E-state index in [1.54, 1.807) is 10.3 Å². The number of hydrogen-bond donors (Lipinski definition) is 7. The maximum atomic E-state index is 13.2. The number of carbonyl (C=O) groups excluding carboxylic acids is 2. The van der Waals surface area contributed by atoms with Gasteiger partial charge >= 0.3 is 0 Å². The highest BCUT2D eigenvalue weighted by Crippen LogP contribution is 2.35. The van der Waals surface area contributed by atoms with Gasteiger partial charge in [0.05, 0.1) is 19.3 Å². The number of thiazole rings is 1. The van der Waals surface area contributed by atoms with Crippen molar-refractivity contribution < 1.29 is 68.7 Å². The van der Waals surface area contributed by atoms with Crippen LogP contribution in [-0.2, 0) is 23.7 Å². The summed E-state index contributed by atoms with van der Waals surface area (Å²) in [4.78, 5) is 32.2. The lowest BCUT2D eigenvalue weighted by Gasteiger charge is -2.45. The molecule has 3 saturated heterocycles. The summed E-state index contributed by atoms with van der Waals surface area (Å²) >= 11 is 1.32. The number of carbonyl (C=O) groups is 2. The molecule has 4 unspecified atom stereocenters. The van der Waals surface area contributed by atoms with E-state index in [-0.39, 0.29) is 36.5 Å². The lowest BCUT2D eigenvalue weighted by Crippen LogP contribution is -2.64. The summed E-state index contributed by atoms with van der Waals surface area (Å²) in [5.41, 5.74) is 0.591. The van der Waals surface area contributed by atoms with Crippen molar-refractivity contribution in [2.75, 3.05) is 26.4 Å². The molecule has 3 fully saturated rings. The van der Waals surface area contributed by atoms with Crippen molar-refractivity contribution in [3.8, 4) is 0 Å². The SMILES string of the molecule is O=C(c1ccc(F)cc1)c1csc([C@@H]2CCCN2C(=O)CCCCCO[C@@H]2OC(CO)[C@@H](O[C@@H]3OC(CO)[C@H](O)[C@H](O)C3O)[C@H](O)C2O)n1. The summed E-state index contributed by atoms with van der Waals surface area (Å²) < 4.78 is 35.3. The second-order valence-corrected chi connectivity index (χ2v) is 13.2. The molecule has 7 N–H and O–H groups in total. The van der Waals surface area contributed by atoms with E-state index >= 15 is 0 Å². The molecule has 0 bridgehead atoms. The third-order valence-corrected chi connectivity index (χ3v) is 9.94. The van der Waals surface area contributed by atoms with E-state index in [2.05, 4.69) is 4.98 Å². The number of hydrogen-bond acceptors (Lipinski definition) is 15. The smallest absolute Gasteiger partial charge is 0.223 e. The van der Waals surface area contributed by atoms with Crippen molar-refractivity contribution >= 4 is 23.0 Å². The number of aliphatic hydroxyl groups excluding tert-OH is 7. The molecule has 1 amide bonds. The van der Waals surface area contributed by atoms with Gasteiger partial charge in [-0.15, -0.1) is 11.3 Å². The average molecular weight is 715 g/mol. The number of benzene rings is 1. The molecule has 3 aliphatic heterocycles. The maximum absolute atomic E-state index is 13.2. The Labute approximate surface area is 285 Å². The Morgan fingerprint density at radius 3 is 2.31 bits per heavy atom. The summed E-state index contributed by atoms with van der Waals surface area (Å²) in [5.74, 6) is -0.778. The van der Waals surface area contributed by atoms with Crippen molar-refractivity contribution in [1.82, 2.24) is 9.88 Å². The van der Waals surface area contributed by atoms with Gasteiger partial charge in [-0.05, 0) is 49.9 Å². The summed E-state index contributed by atoms with van der Waals surface area (Å²) in [7, 11) is 0. The number of aliphatic hydroxyl groups is 7. The third-order valence-electron chi connectivity index (χ3n) is 9.00. The quantitative estimate of drug-likeness (QED) is 0.0956. The number of amides is 1. The highest BCUT2D eigenvalue weighted by atomic mass is 32.1. The first-order chi connectivity index (χ1) is 23.5. The van der Waals surface area contributed by atoms with Gasteiger partial charge in [0.2, 0.25) is 11.7 Å². The Morgan fingerprint density at radius 2 is 1.59 bits per heavy atom. The van der Waals surface area contributed by atoms with Gasteiger partial charge in [-0.25, -0.2) is 9.37 Å². The molecular formula is C32H43FN2O13S. The Bertz CT molecular complexity index is 1380. The lowest BCUT2D eigenvalue weighted by molar-refractivity contribution is -0.359. The van der Waals surface area contributed by atoms with Crippen LogP contribution in [0.15, 0.2) is 29.6 Å². The number of aromatic nitrogens is 1. The minimum Gasteiger partial charge on any atom is -0.394 e. The largest absolute Gasteiger partial charge is 0.394 e. The summed E-state index contributed by atoms with van der Waals surface area (Å²) in [6.45, 7) is -0.672. The van der Waals surface area contributed by atoms with E-state index in [0.717, 1.165) is 12.8 Å². The molecule has 15 nitrogen and oxygen atoms in total. The first-order valence-electron chi connectivity index (χ1n) is 16.3. The Balaban J connectivity index is 1.04. The average Bonchev–Trinajstić information content (AvgIpc) is 3.80. The van der Waals surface area contributed by atoms with Gasteiger partial charge in [-0.1, -0.05) is 6.42 Å². The van der Waals surface area contributed by atoms with Crippen LogP contribution in [0, 0.1) is 5.82 Å². The van der Waals surface area contributed by atoms with Gasteiger partial charge in [0.1, 0.15) is 65.4 Å². The van der Waals surface area contributed by atoms with Gasteiger partial charge in [-0.2, -0.15) is 0 Å². The van der Waals surface area contributed by atoms with Crippen LogP contribution in [0.25, 0.3) is 0 Å². The topological polar surface area (TPSA) is 229 Å². The molecule has 1 aromatic heterocycles. The molecule has 0 aliphatic carbocycles. The van der Waals surface area contributed by atoms with Crippen LogP contribution in [0.4, 0.5) is 4.39 Å². The molecule has 1 aromatic carbocycles. The minimum atomic E-state index is -1.76. The van der Waals surface area contributed by atoms with Gasteiger partial charge < -0.3 is 59.6 Å². The Morgan fingerprint density at radius 1 is 0.898 bits per heavy atom. The predicted octanol–water partition coefficient (Wildman–Crippen LogP) is -0.622. The number of unbranched alkanes of at least 4 members (excludes halogenated alkanes) is 2. The van der Waals surface area contributed by atoms with Crippen molar-refractivity contribution in [2.45, 2.75) is 106 Å².